The highest BCUT2D eigenvalue weighted by Gasteiger charge is 2.26. The van der Waals surface area contributed by atoms with Gasteiger partial charge >= 0.3 is 0 Å². The first kappa shape index (κ1) is 20.9. The minimum absolute atomic E-state index is 0.0252. The maximum absolute atomic E-state index is 12.9. The normalized spacial score (nSPS) is 17.8. The van der Waals surface area contributed by atoms with Crippen molar-refractivity contribution >= 4 is 11.7 Å². The van der Waals surface area contributed by atoms with E-state index in [1.165, 1.54) is 6.92 Å². The lowest BCUT2D eigenvalue weighted by molar-refractivity contribution is -0.136. The van der Waals surface area contributed by atoms with E-state index in [1.54, 1.807) is 35.5 Å². The van der Waals surface area contributed by atoms with Crippen LogP contribution in [0.1, 0.15) is 39.7 Å². The second-order valence-electron chi connectivity index (χ2n) is 8.46. The summed E-state index contributed by atoms with van der Waals surface area (Å²) in [6.07, 6.45) is 3.60. The van der Waals surface area contributed by atoms with Gasteiger partial charge in [0, 0.05) is 44.5 Å². The first-order chi connectivity index (χ1) is 16.0. The van der Waals surface area contributed by atoms with Gasteiger partial charge in [0.2, 0.25) is 5.91 Å². The summed E-state index contributed by atoms with van der Waals surface area (Å²) in [5, 5.41) is 9.58. The van der Waals surface area contributed by atoms with Gasteiger partial charge in [0.25, 0.3) is 0 Å². The van der Waals surface area contributed by atoms with Crippen molar-refractivity contribution in [1.29, 1.82) is 5.26 Å². The molecular formula is C25H23N5O3. The number of imidazole rings is 1. The number of nitrogens with zero attached hydrogens (tertiary/aromatic N) is 5. The van der Waals surface area contributed by atoms with E-state index >= 15 is 0 Å². The van der Waals surface area contributed by atoms with Crippen molar-refractivity contribution in [2.75, 3.05) is 19.6 Å². The topological polar surface area (TPSA) is 91.5 Å². The van der Waals surface area contributed by atoms with E-state index in [0.29, 0.717) is 55.3 Å². The van der Waals surface area contributed by atoms with Gasteiger partial charge in [-0.05, 0) is 48.4 Å². The molecule has 1 unspecified atom stereocenters. The van der Waals surface area contributed by atoms with Gasteiger partial charge in [-0.25, -0.2) is 4.98 Å². The third-order valence-corrected chi connectivity index (χ3v) is 6.15. The van der Waals surface area contributed by atoms with Gasteiger partial charge in [-0.1, -0.05) is 6.07 Å². The number of rotatable bonds is 1. The fraction of sp³-hybridized carbons (Fsp3) is 0.280. The number of hydrogen-bond acceptors (Lipinski definition) is 6. The molecule has 1 saturated heterocycles. The molecule has 0 N–H and O–H groups in total. The van der Waals surface area contributed by atoms with Crippen LogP contribution in [-0.2, 0) is 24.4 Å². The second-order valence-corrected chi connectivity index (χ2v) is 8.46. The average molecular weight is 441 g/mol. The minimum atomic E-state index is -0.0648. The monoisotopic (exact) mass is 441 g/mol. The standard InChI is InChI=1S/C25H23N5O3/c1-17(31)23-5-4-22-9-20(23)13-29-7-6-28(15-25(29)32)14-21-11-27-16-30(21)12-18-2-3-19(10-26)24(8-18)33-22/h2-5,8-9,11,16H,6-7,12-15H2,1H3. The summed E-state index contributed by atoms with van der Waals surface area (Å²) in [6.45, 7) is 4.68. The van der Waals surface area contributed by atoms with Crippen molar-refractivity contribution in [2.45, 2.75) is 26.6 Å². The predicted octanol–water partition coefficient (Wildman–Crippen LogP) is 2.96. The van der Waals surface area contributed by atoms with Gasteiger partial charge < -0.3 is 14.2 Å². The van der Waals surface area contributed by atoms with Crippen LogP contribution in [0, 0.1) is 11.3 Å². The number of Topliss-reactive ketones (excluding diaryl/α,β-unsaturated/α-hetero) is 1. The van der Waals surface area contributed by atoms with Crippen molar-refractivity contribution in [3.05, 3.63) is 76.9 Å². The van der Waals surface area contributed by atoms with Crippen LogP contribution in [-0.4, -0.2) is 50.7 Å². The van der Waals surface area contributed by atoms with E-state index in [9.17, 15) is 14.9 Å². The van der Waals surface area contributed by atoms with Crippen molar-refractivity contribution in [1.82, 2.24) is 19.4 Å². The van der Waals surface area contributed by atoms with Crippen molar-refractivity contribution in [3.8, 4) is 17.6 Å². The molecule has 8 heteroatoms. The summed E-state index contributed by atoms with van der Waals surface area (Å²) in [7, 11) is 0. The molecule has 3 aliphatic heterocycles. The zero-order valence-corrected chi connectivity index (χ0v) is 18.3. The third kappa shape index (κ3) is 4.23. The summed E-state index contributed by atoms with van der Waals surface area (Å²) in [5.41, 5.74) is 3.71. The molecular weight excluding hydrogens is 418 g/mol. The number of piperazine rings is 1. The molecule has 0 saturated carbocycles. The van der Waals surface area contributed by atoms with Gasteiger partial charge in [-0.15, -0.1) is 0 Å². The molecule has 166 valence electrons. The lowest BCUT2D eigenvalue weighted by Gasteiger charge is -2.34. The van der Waals surface area contributed by atoms with Crippen LogP contribution in [0.5, 0.6) is 11.5 Å². The van der Waals surface area contributed by atoms with Gasteiger partial charge in [-0.3, -0.25) is 14.5 Å². The Kier molecular flexibility index (Phi) is 5.40. The number of ether oxygens (including phenoxy) is 1. The summed E-state index contributed by atoms with van der Waals surface area (Å²) < 4.78 is 8.17. The Balaban J connectivity index is 1.61. The van der Waals surface area contributed by atoms with E-state index in [1.807, 2.05) is 22.9 Å². The Labute approximate surface area is 191 Å². The molecule has 8 nitrogen and oxygen atoms in total. The number of aromatic nitrogens is 2. The van der Waals surface area contributed by atoms with Crippen molar-refractivity contribution in [2.24, 2.45) is 0 Å². The van der Waals surface area contributed by atoms with Crippen LogP contribution >= 0.6 is 0 Å². The van der Waals surface area contributed by atoms with E-state index in [2.05, 4.69) is 16.0 Å². The molecule has 2 aromatic carbocycles. The van der Waals surface area contributed by atoms with Crippen LogP contribution in [0.25, 0.3) is 0 Å². The molecule has 0 aliphatic carbocycles. The average Bonchev–Trinajstić information content (AvgIpc) is 3.21. The van der Waals surface area contributed by atoms with E-state index in [0.717, 1.165) is 23.4 Å². The molecule has 0 spiro atoms. The minimum Gasteiger partial charge on any atom is -0.456 e. The van der Waals surface area contributed by atoms with E-state index in [4.69, 9.17) is 4.74 Å². The molecule has 1 fully saturated rings. The van der Waals surface area contributed by atoms with Gasteiger partial charge in [0.1, 0.15) is 17.6 Å². The molecule has 1 aromatic heterocycles. The van der Waals surface area contributed by atoms with Crippen LogP contribution < -0.4 is 4.74 Å². The fourth-order valence-electron chi connectivity index (χ4n) is 4.39. The lowest BCUT2D eigenvalue weighted by Crippen LogP contribution is -2.49. The predicted molar refractivity (Wildman–Crippen MR) is 120 cm³/mol. The summed E-state index contributed by atoms with van der Waals surface area (Å²) in [5.74, 6) is 0.930. The van der Waals surface area contributed by atoms with Crippen LogP contribution in [0.2, 0.25) is 0 Å². The third-order valence-electron chi connectivity index (χ3n) is 6.15. The zero-order valence-electron chi connectivity index (χ0n) is 18.3. The lowest BCUT2D eigenvalue weighted by atomic mass is 10.0. The highest BCUT2D eigenvalue weighted by molar-refractivity contribution is 5.96. The quantitative estimate of drug-likeness (QED) is 0.539. The molecule has 3 aromatic rings. The summed E-state index contributed by atoms with van der Waals surface area (Å²) in [4.78, 5) is 33.4. The number of fused-ring (bicyclic) bond motifs is 2. The van der Waals surface area contributed by atoms with Gasteiger partial charge in [-0.2, -0.15) is 5.26 Å². The number of ketones is 1. The molecule has 6 rings (SSSR count). The molecule has 3 aliphatic rings. The molecule has 4 heterocycles. The number of carbonyl (C=O) groups excluding carboxylic acids is 2. The highest BCUT2D eigenvalue weighted by atomic mass is 16.5. The van der Waals surface area contributed by atoms with Crippen LogP contribution in [0.15, 0.2) is 48.9 Å². The Morgan fingerprint density at radius 3 is 2.76 bits per heavy atom. The second kappa shape index (κ2) is 8.52. The first-order valence-electron chi connectivity index (χ1n) is 10.8. The number of benzene rings is 2. The van der Waals surface area contributed by atoms with Gasteiger partial charge in [0.15, 0.2) is 5.78 Å². The molecule has 33 heavy (non-hydrogen) atoms. The molecule has 1 amide bonds. The maximum Gasteiger partial charge on any atom is 0.237 e. The number of nitriles is 1. The van der Waals surface area contributed by atoms with Gasteiger partial charge in [0.05, 0.1) is 24.1 Å². The zero-order chi connectivity index (χ0) is 22.9. The van der Waals surface area contributed by atoms with E-state index < -0.39 is 0 Å². The largest absolute Gasteiger partial charge is 0.456 e. The molecule has 1 atom stereocenters. The fourth-order valence-corrected chi connectivity index (χ4v) is 4.39. The SMILES string of the molecule is CC(=O)c1ccc2cc1CN1CCN(CC1=O)Cc1cncn1Cc1ccc(C#N)c(c1)O2. The highest BCUT2D eigenvalue weighted by Crippen LogP contribution is 2.30. The van der Waals surface area contributed by atoms with Crippen LogP contribution in [0.4, 0.5) is 0 Å². The number of hydrogen-bond donors (Lipinski definition) is 0. The first-order valence-corrected chi connectivity index (χ1v) is 10.8. The van der Waals surface area contributed by atoms with E-state index in [-0.39, 0.29) is 11.7 Å². The van der Waals surface area contributed by atoms with Crippen molar-refractivity contribution < 1.29 is 14.3 Å². The Bertz CT molecular complexity index is 1290. The Morgan fingerprint density at radius 1 is 1.09 bits per heavy atom. The number of carbonyl (C=O) groups is 2. The maximum atomic E-state index is 12.9. The number of amides is 1. The van der Waals surface area contributed by atoms with Crippen LogP contribution in [0.3, 0.4) is 0 Å². The smallest absolute Gasteiger partial charge is 0.237 e. The molecule has 6 bridgehead atoms. The Hall–Kier alpha value is -3.96. The summed E-state index contributed by atoms with van der Waals surface area (Å²) in [6, 6.07) is 13.0. The summed E-state index contributed by atoms with van der Waals surface area (Å²) >= 11 is 0. The Morgan fingerprint density at radius 2 is 1.97 bits per heavy atom. The van der Waals surface area contributed by atoms with Crippen molar-refractivity contribution in [3.63, 3.8) is 0 Å². The molecule has 0 radical (unpaired) electrons.